The van der Waals surface area contributed by atoms with Crippen molar-refractivity contribution >= 4 is 5.91 Å². The van der Waals surface area contributed by atoms with E-state index < -0.39 is 0 Å². The molecule has 0 aliphatic carbocycles. The molecule has 3 heteroatoms. The van der Waals surface area contributed by atoms with E-state index in [2.05, 4.69) is 33.4 Å². The predicted molar refractivity (Wildman–Crippen MR) is 96.5 cm³/mol. The molecule has 0 aromatic carbocycles. The van der Waals surface area contributed by atoms with Gasteiger partial charge in [-0.25, -0.2) is 10.0 Å². The van der Waals surface area contributed by atoms with Gasteiger partial charge in [0.1, 0.15) is 6.54 Å². The highest BCUT2D eigenvalue weighted by atomic mass is 16.2. The van der Waals surface area contributed by atoms with Gasteiger partial charge in [0.05, 0.1) is 14.1 Å². The zero-order chi connectivity index (χ0) is 16.7. The minimum Gasteiger partial charge on any atom is -0.270 e. The van der Waals surface area contributed by atoms with Crippen molar-refractivity contribution in [1.82, 2.24) is 5.43 Å². The van der Waals surface area contributed by atoms with Crippen LogP contribution in [-0.4, -0.2) is 31.1 Å². The fraction of sp³-hybridized carbons (Fsp3) is 0.947. The monoisotopic (exact) mass is 313 g/mol. The lowest BCUT2D eigenvalue weighted by molar-refractivity contribution is -0.925. The topological polar surface area (TPSA) is 29.1 Å². The number of hydrogen-bond donors (Lipinski definition) is 1. The normalized spacial score (nSPS) is 11.6. The second kappa shape index (κ2) is 14.0. The summed E-state index contributed by atoms with van der Waals surface area (Å²) in [5, 5.41) is 0. The quantitative estimate of drug-likeness (QED) is 0.251. The molecule has 0 rings (SSSR count). The van der Waals surface area contributed by atoms with E-state index in [9.17, 15) is 4.79 Å². The molecule has 0 saturated heterocycles. The van der Waals surface area contributed by atoms with Crippen molar-refractivity contribution in [3.05, 3.63) is 0 Å². The lowest BCUT2D eigenvalue weighted by Gasteiger charge is -2.28. The van der Waals surface area contributed by atoms with Crippen LogP contribution in [-0.2, 0) is 4.79 Å². The lowest BCUT2D eigenvalue weighted by Crippen LogP contribution is -2.54. The van der Waals surface area contributed by atoms with Crippen LogP contribution in [0.3, 0.4) is 0 Å². The number of unbranched alkanes of at least 4 members (excludes halogenated alkanes) is 10. The number of nitrogens with zero attached hydrogens (tertiary/aromatic N) is 1. The summed E-state index contributed by atoms with van der Waals surface area (Å²) in [4.78, 5) is 11.9. The Morgan fingerprint density at radius 3 is 1.64 bits per heavy atom. The molecule has 0 fully saturated rings. The van der Waals surface area contributed by atoms with Gasteiger partial charge in [0, 0.05) is 6.42 Å². The van der Waals surface area contributed by atoms with E-state index >= 15 is 0 Å². The van der Waals surface area contributed by atoms with Crippen LogP contribution in [0.15, 0.2) is 0 Å². The van der Waals surface area contributed by atoms with Gasteiger partial charge in [-0.1, -0.05) is 78.1 Å². The number of hydrogen-bond acceptors (Lipinski definition) is 1. The smallest absolute Gasteiger partial charge is 0.264 e. The summed E-state index contributed by atoms with van der Waals surface area (Å²) in [5.41, 5.74) is 3.09. The number of rotatable bonds is 15. The summed E-state index contributed by atoms with van der Waals surface area (Å²) in [6.07, 6.45) is 16.4. The Labute approximate surface area is 139 Å². The molecular formula is C19H41N2O+. The zero-order valence-corrected chi connectivity index (χ0v) is 15.8. The fourth-order valence-electron chi connectivity index (χ4n) is 2.96. The van der Waals surface area contributed by atoms with Crippen LogP contribution in [0.2, 0.25) is 0 Å². The zero-order valence-electron chi connectivity index (χ0n) is 15.8. The maximum atomic E-state index is 11.9. The lowest BCUT2D eigenvalue weighted by atomic mass is 10.1. The van der Waals surface area contributed by atoms with Crippen molar-refractivity contribution in [3.63, 3.8) is 0 Å². The molecular weight excluding hydrogens is 272 g/mol. The van der Waals surface area contributed by atoms with Gasteiger partial charge in [0.2, 0.25) is 0 Å². The molecule has 0 aromatic rings. The Hall–Kier alpha value is -0.570. The van der Waals surface area contributed by atoms with Crippen molar-refractivity contribution in [3.8, 4) is 0 Å². The van der Waals surface area contributed by atoms with Crippen LogP contribution in [0.4, 0.5) is 0 Å². The molecule has 22 heavy (non-hydrogen) atoms. The molecule has 0 unspecified atom stereocenters. The van der Waals surface area contributed by atoms with E-state index in [0.717, 1.165) is 19.4 Å². The van der Waals surface area contributed by atoms with Gasteiger partial charge in [-0.2, -0.15) is 0 Å². The average Bonchev–Trinajstić information content (AvgIpc) is 2.44. The summed E-state index contributed by atoms with van der Waals surface area (Å²) in [7, 11) is 4.11. The van der Waals surface area contributed by atoms with Crippen LogP contribution < -0.4 is 5.43 Å². The van der Waals surface area contributed by atoms with E-state index in [1.165, 1.54) is 64.2 Å². The van der Waals surface area contributed by atoms with Crippen molar-refractivity contribution in [2.75, 3.05) is 20.6 Å². The number of carbonyl (C=O) groups excluding carboxylic acids is 1. The standard InChI is InChI=1S/C19H40N2O/c1-5-7-8-9-10-11-12-13-14-15-16-17-19(22)20-21(3,4)18-6-2/h5-18H2,1-4H3/p+1. The highest BCUT2D eigenvalue weighted by molar-refractivity contribution is 5.74. The predicted octanol–water partition coefficient (Wildman–Crippen LogP) is 5.21. The van der Waals surface area contributed by atoms with E-state index in [-0.39, 0.29) is 5.91 Å². The van der Waals surface area contributed by atoms with Crippen LogP contribution in [0.5, 0.6) is 0 Å². The SMILES string of the molecule is CCCCCCCCCCCCCC(=O)N[N+](C)(C)CCC. The molecule has 0 aliphatic heterocycles. The first-order chi connectivity index (χ1) is 10.5. The molecule has 1 N–H and O–H groups in total. The molecule has 0 aromatic heterocycles. The Morgan fingerprint density at radius 1 is 0.727 bits per heavy atom. The Morgan fingerprint density at radius 2 is 1.18 bits per heavy atom. The molecule has 0 aliphatic rings. The van der Waals surface area contributed by atoms with Gasteiger partial charge >= 0.3 is 0 Å². The van der Waals surface area contributed by atoms with Crippen LogP contribution >= 0.6 is 0 Å². The maximum absolute atomic E-state index is 11.9. The maximum Gasteiger partial charge on any atom is 0.264 e. The third-order valence-electron chi connectivity index (χ3n) is 4.22. The molecule has 0 spiro atoms. The number of quaternary nitrogens is 1. The van der Waals surface area contributed by atoms with Crippen molar-refractivity contribution in [2.24, 2.45) is 0 Å². The summed E-state index contributed by atoms with van der Waals surface area (Å²) in [6.45, 7) is 5.41. The second-order valence-electron chi connectivity index (χ2n) is 7.23. The Kier molecular flexibility index (Phi) is 13.7. The summed E-state index contributed by atoms with van der Waals surface area (Å²) in [6, 6.07) is 0. The van der Waals surface area contributed by atoms with E-state index in [1.807, 2.05) is 0 Å². The van der Waals surface area contributed by atoms with Gasteiger partial charge < -0.3 is 0 Å². The molecule has 3 nitrogen and oxygen atoms in total. The minimum absolute atomic E-state index is 0.203. The molecule has 0 bridgehead atoms. The summed E-state index contributed by atoms with van der Waals surface area (Å²) < 4.78 is 0.605. The first-order valence-electron chi connectivity index (χ1n) is 9.66. The van der Waals surface area contributed by atoms with E-state index in [4.69, 9.17) is 0 Å². The highest BCUT2D eigenvalue weighted by Crippen LogP contribution is 2.12. The fourth-order valence-corrected chi connectivity index (χ4v) is 2.96. The second-order valence-corrected chi connectivity index (χ2v) is 7.23. The molecule has 0 heterocycles. The van der Waals surface area contributed by atoms with Crippen LogP contribution in [0, 0.1) is 0 Å². The average molecular weight is 314 g/mol. The number of nitrogens with one attached hydrogen (secondary N) is 1. The van der Waals surface area contributed by atoms with E-state index in [0.29, 0.717) is 11.0 Å². The van der Waals surface area contributed by atoms with Gasteiger partial charge in [-0.05, 0) is 12.8 Å². The van der Waals surface area contributed by atoms with Gasteiger partial charge in [0.25, 0.3) is 5.91 Å². The summed E-state index contributed by atoms with van der Waals surface area (Å²) in [5.74, 6) is 0.203. The molecule has 1 amide bonds. The molecule has 0 saturated carbocycles. The van der Waals surface area contributed by atoms with Crippen molar-refractivity contribution < 1.29 is 9.39 Å². The number of amides is 1. The summed E-state index contributed by atoms with van der Waals surface area (Å²) >= 11 is 0. The molecule has 132 valence electrons. The van der Waals surface area contributed by atoms with Crippen LogP contribution in [0.1, 0.15) is 97.3 Å². The Bertz CT molecular complexity index is 264. The molecule has 0 radical (unpaired) electrons. The van der Waals surface area contributed by atoms with Gasteiger partial charge in [-0.15, -0.1) is 0 Å². The molecule has 0 atom stereocenters. The van der Waals surface area contributed by atoms with Crippen LogP contribution in [0.25, 0.3) is 0 Å². The minimum atomic E-state index is 0.203. The van der Waals surface area contributed by atoms with Crippen molar-refractivity contribution in [2.45, 2.75) is 97.3 Å². The number of carbonyl (C=O) groups is 1. The van der Waals surface area contributed by atoms with Crippen molar-refractivity contribution in [1.29, 1.82) is 0 Å². The first-order valence-corrected chi connectivity index (χ1v) is 9.66. The van der Waals surface area contributed by atoms with Gasteiger partial charge in [-0.3, -0.25) is 4.79 Å². The highest BCUT2D eigenvalue weighted by Gasteiger charge is 2.16. The van der Waals surface area contributed by atoms with E-state index in [1.54, 1.807) is 0 Å². The largest absolute Gasteiger partial charge is 0.270 e. The third kappa shape index (κ3) is 14.4. The third-order valence-corrected chi connectivity index (χ3v) is 4.22. The first kappa shape index (κ1) is 21.4. The Balaban J connectivity index is 3.34. The van der Waals surface area contributed by atoms with Gasteiger partial charge in [0.15, 0.2) is 0 Å².